The van der Waals surface area contributed by atoms with Crippen molar-refractivity contribution < 1.29 is 0 Å². The summed E-state index contributed by atoms with van der Waals surface area (Å²) in [4.78, 5) is 0. The van der Waals surface area contributed by atoms with Gasteiger partial charge in [0.25, 0.3) is 0 Å². The molecule has 0 N–H and O–H groups in total. The van der Waals surface area contributed by atoms with E-state index in [-0.39, 0.29) is 0 Å². The van der Waals surface area contributed by atoms with Crippen LogP contribution in [0.15, 0.2) is 36.4 Å². The Labute approximate surface area is 83.1 Å². The zero-order chi connectivity index (χ0) is 9.26. The van der Waals surface area contributed by atoms with Gasteiger partial charge in [0.2, 0.25) is 0 Å². The number of fused-ring (bicyclic) bond motifs is 1. The predicted molar refractivity (Wildman–Crippen MR) is 58.0 cm³/mol. The number of benzene rings is 2. The van der Waals surface area contributed by atoms with Crippen molar-refractivity contribution >= 4 is 22.4 Å². The number of rotatable bonds is 1. The molecule has 13 heavy (non-hydrogen) atoms. The maximum Gasteiger partial charge on any atom is 0.0484 e. The van der Waals surface area contributed by atoms with E-state index in [1.807, 2.05) is 24.3 Å². The molecule has 0 aliphatic heterocycles. The topological polar surface area (TPSA) is 0 Å². The monoisotopic (exact) mass is 189 g/mol. The molecule has 1 heteroatoms. The average Bonchev–Trinajstić information content (AvgIpc) is 2.18. The van der Waals surface area contributed by atoms with Crippen LogP contribution in [0.3, 0.4) is 0 Å². The fourth-order valence-corrected chi connectivity index (χ4v) is 1.79. The lowest BCUT2D eigenvalue weighted by molar-refractivity contribution is 1.30. The van der Waals surface area contributed by atoms with Gasteiger partial charge in [0.15, 0.2) is 0 Å². The Morgan fingerprint density at radius 1 is 1.00 bits per heavy atom. The lowest BCUT2D eigenvalue weighted by Crippen LogP contribution is -1.83. The van der Waals surface area contributed by atoms with Crippen LogP contribution in [0.1, 0.15) is 5.56 Å². The van der Waals surface area contributed by atoms with Gasteiger partial charge in [0.1, 0.15) is 0 Å². The first-order valence-electron chi connectivity index (χ1n) is 4.28. The molecule has 0 heterocycles. The Kier molecular flexibility index (Phi) is 2.24. The van der Waals surface area contributed by atoms with Crippen LogP contribution >= 0.6 is 11.6 Å². The summed E-state index contributed by atoms with van der Waals surface area (Å²) in [5.41, 5.74) is 1.25. The first-order chi connectivity index (χ1) is 6.33. The highest BCUT2D eigenvalue weighted by Crippen LogP contribution is 2.25. The molecular weight excluding hydrogens is 180 g/mol. The second-order valence-electron chi connectivity index (χ2n) is 3.00. The van der Waals surface area contributed by atoms with E-state index in [9.17, 15) is 0 Å². The quantitative estimate of drug-likeness (QED) is 0.639. The summed E-state index contributed by atoms with van der Waals surface area (Å²) >= 11 is 6.07. The highest BCUT2D eigenvalue weighted by molar-refractivity contribution is 6.35. The minimum Gasteiger partial charge on any atom is -0.0837 e. The molecule has 0 aromatic heterocycles. The van der Waals surface area contributed by atoms with Crippen LogP contribution in [-0.2, 0) is 6.42 Å². The SMILES string of the molecule is [CH2]Cc1cccc2c(Cl)cccc12. The van der Waals surface area contributed by atoms with Gasteiger partial charge in [-0.15, -0.1) is 0 Å². The first-order valence-corrected chi connectivity index (χ1v) is 4.66. The van der Waals surface area contributed by atoms with Gasteiger partial charge in [0.05, 0.1) is 0 Å². The number of hydrogen-bond acceptors (Lipinski definition) is 0. The maximum absolute atomic E-state index is 6.07. The second-order valence-corrected chi connectivity index (χ2v) is 3.41. The largest absolute Gasteiger partial charge is 0.0837 e. The van der Waals surface area contributed by atoms with Crippen molar-refractivity contribution in [2.45, 2.75) is 6.42 Å². The molecule has 0 aliphatic rings. The van der Waals surface area contributed by atoms with E-state index < -0.39 is 0 Å². The Hall–Kier alpha value is -1.01. The molecule has 1 radical (unpaired) electrons. The first kappa shape index (κ1) is 8.58. The van der Waals surface area contributed by atoms with Gasteiger partial charge < -0.3 is 0 Å². The Balaban J connectivity index is 2.84. The van der Waals surface area contributed by atoms with Gasteiger partial charge in [-0.1, -0.05) is 41.9 Å². The van der Waals surface area contributed by atoms with Gasteiger partial charge in [-0.2, -0.15) is 0 Å². The molecule has 0 saturated heterocycles. The molecule has 0 spiro atoms. The molecule has 0 saturated carbocycles. The maximum atomic E-state index is 6.07. The third kappa shape index (κ3) is 1.42. The van der Waals surface area contributed by atoms with Crippen molar-refractivity contribution in [3.8, 4) is 0 Å². The number of halogens is 1. The van der Waals surface area contributed by atoms with E-state index in [1.54, 1.807) is 0 Å². The van der Waals surface area contributed by atoms with Gasteiger partial charge in [-0.25, -0.2) is 0 Å². The van der Waals surface area contributed by atoms with Crippen LogP contribution in [-0.4, -0.2) is 0 Å². The van der Waals surface area contributed by atoms with Crippen LogP contribution in [0.2, 0.25) is 5.02 Å². The molecule has 0 atom stereocenters. The zero-order valence-electron chi connectivity index (χ0n) is 7.26. The van der Waals surface area contributed by atoms with Gasteiger partial charge >= 0.3 is 0 Å². The van der Waals surface area contributed by atoms with E-state index in [0.717, 1.165) is 16.8 Å². The van der Waals surface area contributed by atoms with Crippen molar-refractivity contribution in [2.24, 2.45) is 0 Å². The molecule has 2 rings (SSSR count). The van der Waals surface area contributed by atoms with Crippen LogP contribution in [0.25, 0.3) is 10.8 Å². The van der Waals surface area contributed by atoms with Crippen molar-refractivity contribution in [1.29, 1.82) is 0 Å². The highest BCUT2D eigenvalue weighted by Gasteiger charge is 2.00. The molecule has 0 unspecified atom stereocenters. The standard InChI is InChI=1S/C12H10Cl/c1-2-9-5-3-7-11-10(9)6-4-8-12(11)13/h3-8H,1-2H2. The third-order valence-electron chi connectivity index (χ3n) is 2.23. The minimum atomic E-state index is 0.803. The van der Waals surface area contributed by atoms with E-state index in [0.29, 0.717) is 0 Å². The molecule has 0 bridgehead atoms. The molecule has 0 nitrogen and oxygen atoms in total. The minimum absolute atomic E-state index is 0.803. The summed E-state index contributed by atoms with van der Waals surface area (Å²) in [6, 6.07) is 12.1. The van der Waals surface area contributed by atoms with Gasteiger partial charge in [-0.05, 0) is 30.4 Å². The van der Waals surface area contributed by atoms with Gasteiger partial charge in [0, 0.05) is 10.4 Å². The lowest BCUT2D eigenvalue weighted by Gasteiger charge is -2.04. The van der Waals surface area contributed by atoms with Crippen molar-refractivity contribution in [3.63, 3.8) is 0 Å². The van der Waals surface area contributed by atoms with E-state index in [2.05, 4.69) is 19.1 Å². The van der Waals surface area contributed by atoms with E-state index >= 15 is 0 Å². The highest BCUT2D eigenvalue weighted by atomic mass is 35.5. The van der Waals surface area contributed by atoms with Gasteiger partial charge in [-0.3, -0.25) is 0 Å². The van der Waals surface area contributed by atoms with Crippen LogP contribution in [0, 0.1) is 6.92 Å². The Morgan fingerprint density at radius 2 is 1.69 bits per heavy atom. The summed E-state index contributed by atoms with van der Waals surface area (Å²) in [7, 11) is 0. The van der Waals surface area contributed by atoms with E-state index in [1.165, 1.54) is 10.9 Å². The summed E-state index contributed by atoms with van der Waals surface area (Å²) in [5, 5.41) is 3.14. The Morgan fingerprint density at radius 3 is 2.46 bits per heavy atom. The Bertz CT molecular complexity index is 432. The molecule has 2 aromatic carbocycles. The molecular formula is C12H10Cl. The molecule has 2 aromatic rings. The summed E-state index contributed by atoms with van der Waals surface area (Å²) in [5.74, 6) is 0. The van der Waals surface area contributed by atoms with E-state index in [4.69, 9.17) is 11.6 Å². The zero-order valence-corrected chi connectivity index (χ0v) is 8.01. The molecule has 0 amide bonds. The fraction of sp³-hybridized carbons (Fsp3) is 0.0833. The summed E-state index contributed by atoms with van der Waals surface area (Å²) in [6.45, 7) is 3.89. The second kappa shape index (κ2) is 3.39. The average molecular weight is 190 g/mol. The van der Waals surface area contributed by atoms with Crippen molar-refractivity contribution in [2.75, 3.05) is 0 Å². The molecule has 0 aliphatic carbocycles. The summed E-state index contributed by atoms with van der Waals surface area (Å²) in [6.07, 6.45) is 0.803. The summed E-state index contributed by atoms with van der Waals surface area (Å²) < 4.78 is 0. The molecule has 65 valence electrons. The van der Waals surface area contributed by atoms with Crippen molar-refractivity contribution in [1.82, 2.24) is 0 Å². The lowest BCUT2D eigenvalue weighted by atomic mass is 10.0. The predicted octanol–water partition coefficient (Wildman–Crippen LogP) is 3.87. The van der Waals surface area contributed by atoms with Crippen molar-refractivity contribution in [3.05, 3.63) is 53.9 Å². The van der Waals surface area contributed by atoms with Crippen LogP contribution in [0.4, 0.5) is 0 Å². The van der Waals surface area contributed by atoms with Crippen LogP contribution < -0.4 is 0 Å². The molecule has 0 fully saturated rings. The number of hydrogen-bond donors (Lipinski definition) is 0. The smallest absolute Gasteiger partial charge is 0.0484 e. The van der Waals surface area contributed by atoms with Crippen LogP contribution in [0.5, 0.6) is 0 Å². The normalized spacial score (nSPS) is 10.6. The fourth-order valence-electron chi connectivity index (χ4n) is 1.55. The third-order valence-corrected chi connectivity index (χ3v) is 2.56.